The summed E-state index contributed by atoms with van der Waals surface area (Å²) in [6, 6.07) is 15.2. The number of nitrogens with zero attached hydrogens (tertiary/aromatic N) is 2. The number of ether oxygens (including phenoxy) is 2. The number of aliphatic hydroxyl groups excluding tert-OH is 1. The van der Waals surface area contributed by atoms with E-state index in [1.165, 1.54) is 4.90 Å². The molecule has 0 radical (unpaired) electrons. The number of hydrogen-bond acceptors (Lipinski definition) is 6. The lowest BCUT2D eigenvalue weighted by molar-refractivity contribution is -0.140. The van der Waals surface area contributed by atoms with E-state index in [1.54, 1.807) is 68.0 Å². The van der Waals surface area contributed by atoms with Crippen LogP contribution < -0.4 is 9.47 Å². The van der Waals surface area contributed by atoms with Crippen molar-refractivity contribution in [2.75, 3.05) is 13.7 Å². The second-order valence-electron chi connectivity index (χ2n) is 9.24. The van der Waals surface area contributed by atoms with Gasteiger partial charge in [-0.25, -0.2) is 0 Å². The SMILES string of the molecule is COc1cccc(C2/C(=C(/O)c3ccc(OCC(C)C)c(C)c3)C(=O)C(=O)N2Cc2ccncc2)c1. The highest BCUT2D eigenvalue weighted by atomic mass is 16.5. The average molecular weight is 487 g/mol. The predicted molar refractivity (Wildman–Crippen MR) is 137 cm³/mol. The number of aliphatic hydroxyl groups is 1. The van der Waals surface area contributed by atoms with Crippen LogP contribution in [0.5, 0.6) is 11.5 Å². The number of carbonyl (C=O) groups excluding carboxylic acids is 2. The second kappa shape index (κ2) is 10.6. The lowest BCUT2D eigenvalue weighted by atomic mass is 9.94. The number of carbonyl (C=O) groups is 2. The molecule has 1 aliphatic heterocycles. The summed E-state index contributed by atoms with van der Waals surface area (Å²) in [7, 11) is 1.55. The zero-order valence-corrected chi connectivity index (χ0v) is 20.9. The van der Waals surface area contributed by atoms with E-state index in [-0.39, 0.29) is 17.9 Å². The Hall–Kier alpha value is -4.13. The molecule has 0 spiro atoms. The number of amides is 1. The first-order chi connectivity index (χ1) is 17.3. The van der Waals surface area contributed by atoms with Gasteiger partial charge in [0.15, 0.2) is 0 Å². The number of aromatic nitrogens is 1. The van der Waals surface area contributed by atoms with Crippen molar-refractivity contribution in [1.82, 2.24) is 9.88 Å². The summed E-state index contributed by atoms with van der Waals surface area (Å²) in [6.07, 6.45) is 3.27. The Morgan fingerprint density at radius 3 is 2.50 bits per heavy atom. The fourth-order valence-corrected chi connectivity index (χ4v) is 4.26. The number of Topliss-reactive ketones (excluding diaryl/α,β-unsaturated/α-hetero) is 1. The van der Waals surface area contributed by atoms with Gasteiger partial charge in [-0.15, -0.1) is 0 Å². The number of ketones is 1. The van der Waals surface area contributed by atoms with Crippen LogP contribution in [0.25, 0.3) is 5.76 Å². The maximum absolute atomic E-state index is 13.3. The van der Waals surface area contributed by atoms with Crippen molar-refractivity contribution in [3.05, 3.63) is 94.8 Å². The minimum Gasteiger partial charge on any atom is -0.507 e. The first-order valence-corrected chi connectivity index (χ1v) is 11.8. The molecule has 0 bridgehead atoms. The highest BCUT2D eigenvalue weighted by Crippen LogP contribution is 2.41. The summed E-state index contributed by atoms with van der Waals surface area (Å²) in [5.74, 6) is 0.0443. The summed E-state index contributed by atoms with van der Waals surface area (Å²) in [5.41, 5.74) is 2.79. The minimum absolute atomic E-state index is 0.0394. The van der Waals surface area contributed by atoms with Crippen LogP contribution in [0.2, 0.25) is 0 Å². The van der Waals surface area contributed by atoms with Crippen molar-refractivity contribution in [1.29, 1.82) is 0 Å². The quantitative estimate of drug-likeness (QED) is 0.272. The Morgan fingerprint density at radius 1 is 1.08 bits per heavy atom. The molecule has 1 aromatic heterocycles. The van der Waals surface area contributed by atoms with Gasteiger partial charge in [0.1, 0.15) is 17.3 Å². The number of rotatable bonds is 8. The summed E-state index contributed by atoms with van der Waals surface area (Å²) < 4.78 is 11.2. The third kappa shape index (κ3) is 5.10. The van der Waals surface area contributed by atoms with Gasteiger partial charge >= 0.3 is 0 Å². The number of aryl methyl sites for hydroxylation is 1. The van der Waals surface area contributed by atoms with E-state index in [0.29, 0.717) is 35.2 Å². The van der Waals surface area contributed by atoms with E-state index < -0.39 is 17.7 Å². The Bertz CT molecular complexity index is 1300. The van der Waals surface area contributed by atoms with E-state index in [0.717, 1.165) is 11.1 Å². The molecule has 1 aliphatic rings. The summed E-state index contributed by atoms with van der Waals surface area (Å²) in [4.78, 5) is 32.0. The molecule has 1 fully saturated rings. The average Bonchev–Trinajstić information content (AvgIpc) is 3.13. The molecule has 0 aliphatic carbocycles. The lowest BCUT2D eigenvalue weighted by Crippen LogP contribution is -2.29. The monoisotopic (exact) mass is 486 g/mol. The summed E-state index contributed by atoms with van der Waals surface area (Å²) >= 11 is 0. The van der Waals surface area contributed by atoms with Crippen molar-refractivity contribution < 1.29 is 24.2 Å². The molecule has 36 heavy (non-hydrogen) atoms. The molecule has 1 amide bonds. The fourth-order valence-electron chi connectivity index (χ4n) is 4.26. The van der Waals surface area contributed by atoms with Gasteiger partial charge in [-0.1, -0.05) is 26.0 Å². The van der Waals surface area contributed by atoms with E-state index in [1.807, 2.05) is 13.0 Å². The highest BCUT2D eigenvalue weighted by Gasteiger charge is 2.46. The number of pyridine rings is 1. The van der Waals surface area contributed by atoms with Gasteiger partial charge in [0.2, 0.25) is 0 Å². The molecule has 1 atom stereocenters. The maximum Gasteiger partial charge on any atom is 0.295 e. The van der Waals surface area contributed by atoms with Crippen LogP contribution >= 0.6 is 0 Å². The van der Waals surface area contributed by atoms with E-state index in [4.69, 9.17) is 9.47 Å². The summed E-state index contributed by atoms with van der Waals surface area (Å²) in [6.45, 7) is 6.78. The molecule has 7 heteroatoms. The summed E-state index contributed by atoms with van der Waals surface area (Å²) in [5, 5.41) is 11.4. The molecule has 2 aromatic carbocycles. The third-order valence-corrected chi connectivity index (χ3v) is 6.07. The highest BCUT2D eigenvalue weighted by molar-refractivity contribution is 6.46. The maximum atomic E-state index is 13.3. The van der Waals surface area contributed by atoms with Crippen LogP contribution in [0.4, 0.5) is 0 Å². The fraction of sp³-hybridized carbons (Fsp3) is 0.276. The molecular weight excluding hydrogens is 456 g/mol. The molecular formula is C29H30N2O5. The Morgan fingerprint density at radius 2 is 1.83 bits per heavy atom. The molecule has 186 valence electrons. The minimum atomic E-state index is -0.787. The van der Waals surface area contributed by atoms with E-state index in [2.05, 4.69) is 18.8 Å². The van der Waals surface area contributed by atoms with Gasteiger partial charge in [0.05, 0.1) is 25.3 Å². The molecule has 4 rings (SSSR count). The normalized spacial score (nSPS) is 17.0. The second-order valence-corrected chi connectivity index (χ2v) is 9.24. The van der Waals surface area contributed by atoms with Gasteiger partial charge < -0.3 is 19.5 Å². The van der Waals surface area contributed by atoms with Gasteiger partial charge in [-0.05, 0) is 72.0 Å². The molecule has 2 heterocycles. The smallest absolute Gasteiger partial charge is 0.295 e. The van der Waals surface area contributed by atoms with Crippen molar-refractivity contribution in [3.63, 3.8) is 0 Å². The van der Waals surface area contributed by atoms with Crippen molar-refractivity contribution in [3.8, 4) is 11.5 Å². The number of benzene rings is 2. The van der Waals surface area contributed by atoms with E-state index in [9.17, 15) is 14.7 Å². The first-order valence-electron chi connectivity index (χ1n) is 11.8. The topological polar surface area (TPSA) is 89.0 Å². The molecule has 1 saturated heterocycles. The standard InChI is InChI=1S/C29H30N2O5/c1-18(2)17-36-24-9-8-22(14-19(24)3)27(32)25-26(21-6-5-7-23(15-21)35-4)31(29(34)28(25)33)16-20-10-12-30-13-11-20/h5-15,18,26,32H,16-17H2,1-4H3/b27-25-. The van der Waals surface area contributed by atoms with Crippen molar-refractivity contribution >= 4 is 17.4 Å². The molecule has 7 nitrogen and oxygen atoms in total. The number of hydrogen-bond donors (Lipinski definition) is 1. The van der Waals surface area contributed by atoms with Gasteiger partial charge in [0, 0.05) is 24.5 Å². The van der Waals surface area contributed by atoms with Crippen LogP contribution in [0.3, 0.4) is 0 Å². The van der Waals surface area contributed by atoms with Crippen LogP contribution in [-0.4, -0.2) is 40.4 Å². The molecule has 0 saturated carbocycles. The molecule has 3 aromatic rings. The predicted octanol–water partition coefficient (Wildman–Crippen LogP) is 5.06. The van der Waals surface area contributed by atoms with Crippen molar-refractivity contribution in [2.24, 2.45) is 5.92 Å². The zero-order chi connectivity index (χ0) is 25.8. The Balaban J connectivity index is 1.80. The van der Waals surface area contributed by atoms with Gasteiger partial charge in [0.25, 0.3) is 11.7 Å². The molecule has 1 N–H and O–H groups in total. The Kier molecular flexibility index (Phi) is 7.38. The van der Waals surface area contributed by atoms with Crippen LogP contribution in [0.1, 0.15) is 42.1 Å². The molecule has 1 unspecified atom stereocenters. The van der Waals surface area contributed by atoms with E-state index >= 15 is 0 Å². The Labute approximate surface area is 211 Å². The van der Waals surface area contributed by atoms with Crippen LogP contribution in [-0.2, 0) is 16.1 Å². The van der Waals surface area contributed by atoms with Crippen LogP contribution in [0.15, 0.2) is 72.6 Å². The van der Waals surface area contributed by atoms with Gasteiger partial charge in [-0.2, -0.15) is 0 Å². The lowest BCUT2D eigenvalue weighted by Gasteiger charge is -2.25. The third-order valence-electron chi connectivity index (χ3n) is 6.07. The largest absolute Gasteiger partial charge is 0.507 e. The van der Waals surface area contributed by atoms with Crippen molar-refractivity contribution in [2.45, 2.75) is 33.4 Å². The number of methoxy groups -OCH3 is 1. The van der Waals surface area contributed by atoms with Crippen LogP contribution in [0, 0.1) is 12.8 Å². The number of likely N-dealkylation sites (tertiary alicyclic amines) is 1. The first kappa shape index (κ1) is 25.0. The zero-order valence-electron chi connectivity index (χ0n) is 20.9. The van der Waals surface area contributed by atoms with Gasteiger partial charge in [-0.3, -0.25) is 14.6 Å².